The molecular formula is C12H12ClFO2. The van der Waals surface area contributed by atoms with Crippen LogP contribution >= 0.6 is 11.6 Å². The molecule has 1 aliphatic rings. The summed E-state index contributed by atoms with van der Waals surface area (Å²) in [6.07, 6.45) is 0.0203. The number of hydrogen-bond donors (Lipinski definition) is 0. The number of benzene rings is 1. The fraction of sp³-hybridized carbons (Fsp3) is 0.417. The molecule has 16 heavy (non-hydrogen) atoms. The average Bonchev–Trinajstić information content (AvgIpc) is 2.22. The van der Waals surface area contributed by atoms with E-state index in [1.807, 2.05) is 0 Å². The molecule has 1 saturated carbocycles. The van der Waals surface area contributed by atoms with Crippen LogP contribution in [0, 0.1) is 11.2 Å². The highest BCUT2D eigenvalue weighted by Crippen LogP contribution is 2.41. The van der Waals surface area contributed by atoms with Gasteiger partial charge in [-0.3, -0.25) is 4.79 Å². The van der Waals surface area contributed by atoms with Gasteiger partial charge >= 0.3 is 0 Å². The van der Waals surface area contributed by atoms with Gasteiger partial charge in [-0.25, -0.2) is 4.39 Å². The Morgan fingerprint density at radius 3 is 2.69 bits per heavy atom. The molecule has 86 valence electrons. The van der Waals surface area contributed by atoms with E-state index in [4.69, 9.17) is 16.3 Å². The van der Waals surface area contributed by atoms with E-state index in [1.54, 1.807) is 19.9 Å². The molecule has 1 aliphatic carbocycles. The lowest BCUT2D eigenvalue weighted by Crippen LogP contribution is -2.53. The Morgan fingerprint density at radius 1 is 1.50 bits per heavy atom. The highest BCUT2D eigenvalue weighted by atomic mass is 35.5. The minimum Gasteiger partial charge on any atom is -0.484 e. The van der Waals surface area contributed by atoms with E-state index in [1.165, 1.54) is 12.1 Å². The number of carbonyl (C=O) groups excluding carboxylic acids is 1. The van der Waals surface area contributed by atoms with Crippen molar-refractivity contribution in [3.05, 3.63) is 29.0 Å². The first-order valence-corrected chi connectivity index (χ1v) is 5.44. The van der Waals surface area contributed by atoms with E-state index < -0.39 is 11.2 Å². The second-order valence-corrected chi connectivity index (χ2v) is 4.91. The summed E-state index contributed by atoms with van der Waals surface area (Å²) in [5.74, 6) is -0.331. The third-order valence-corrected chi connectivity index (χ3v) is 3.37. The predicted octanol–water partition coefficient (Wildman–Crippen LogP) is 3.23. The molecule has 1 unspecified atom stereocenters. The summed E-state index contributed by atoms with van der Waals surface area (Å²) in [6, 6.07) is 4.36. The molecule has 1 fully saturated rings. The summed E-state index contributed by atoms with van der Waals surface area (Å²) in [6.45, 7) is 3.58. The van der Waals surface area contributed by atoms with Crippen LogP contribution in [0.4, 0.5) is 4.39 Å². The third kappa shape index (κ3) is 1.69. The van der Waals surface area contributed by atoms with Crippen LogP contribution in [0.2, 0.25) is 5.02 Å². The van der Waals surface area contributed by atoms with Crippen LogP contribution in [0.25, 0.3) is 0 Å². The molecule has 0 N–H and O–H groups in total. The Hall–Kier alpha value is -1.09. The summed E-state index contributed by atoms with van der Waals surface area (Å²) in [7, 11) is 0. The van der Waals surface area contributed by atoms with Crippen molar-refractivity contribution in [3.8, 4) is 5.75 Å². The predicted molar refractivity (Wildman–Crippen MR) is 59.2 cm³/mol. The summed E-state index contributed by atoms with van der Waals surface area (Å²) in [5.41, 5.74) is -0.550. The normalized spacial score (nSPS) is 22.8. The standard InChI is InChI=1S/C12H12ClFO2/c1-12(2)9(15)6-10(12)16-11-7(13)4-3-5-8(11)14/h3-5,10H,6H2,1-2H3. The number of hydrogen-bond acceptors (Lipinski definition) is 2. The zero-order valence-corrected chi connectivity index (χ0v) is 9.84. The number of ether oxygens (including phenoxy) is 1. The van der Waals surface area contributed by atoms with E-state index >= 15 is 0 Å². The first-order valence-electron chi connectivity index (χ1n) is 5.07. The molecule has 1 aromatic rings. The number of rotatable bonds is 2. The molecule has 2 rings (SSSR count). The van der Waals surface area contributed by atoms with E-state index in [-0.39, 0.29) is 22.7 Å². The Bertz CT molecular complexity index is 422. The van der Waals surface area contributed by atoms with Gasteiger partial charge in [-0.2, -0.15) is 0 Å². The molecule has 1 atom stereocenters. The minimum atomic E-state index is -0.550. The molecule has 4 heteroatoms. The quantitative estimate of drug-likeness (QED) is 0.796. The second-order valence-electron chi connectivity index (χ2n) is 4.51. The third-order valence-electron chi connectivity index (χ3n) is 3.07. The zero-order chi connectivity index (χ0) is 11.9. The van der Waals surface area contributed by atoms with Crippen molar-refractivity contribution in [1.82, 2.24) is 0 Å². The van der Waals surface area contributed by atoms with Crippen LogP contribution < -0.4 is 4.74 Å². The van der Waals surface area contributed by atoms with Crippen molar-refractivity contribution in [2.45, 2.75) is 26.4 Å². The Balaban J connectivity index is 2.20. The van der Waals surface area contributed by atoms with Crippen molar-refractivity contribution < 1.29 is 13.9 Å². The smallest absolute Gasteiger partial charge is 0.173 e. The first-order chi connectivity index (χ1) is 7.43. The monoisotopic (exact) mass is 242 g/mol. The Kier molecular flexibility index (Phi) is 2.66. The maximum absolute atomic E-state index is 13.4. The largest absolute Gasteiger partial charge is 0.484 e. The lowest BCUT2D eigenvalue weighted by atomic mass is 9.68. The Labute approximate surface area is 98.4 Å². The van der Waals surface area contributed by atoms with Crippen molar-refractivity contribution in [2.75, 3.05) is 0 Å². The van der Waals surface area contributed by atoms with E-state index in [0.717, 1.165) is 0 Å². The van der Waals surface area contributed by atoms with Crippen molar-refractivity contribution >= 4 is 17.4 Å². The highest BCUT2D eigenvalue weighted by molar-refractivity contribution is 6.32. The summed E-state index contributed by atoms with van der Waals surface area (Å²) >= 11 is 5.83. The maximum Gasteiger partial charge on any atom is 0.173 e. The van der Waals surface area contributed by atoms with Crippen molar-refractivity contribution in [3.63, 3.8) is 0 Å². The molecule has 0 aliphatic heterocycles. The summed E-state index contributed by atoms with van der Waals surface area (Å²) in [5, 5.41) is 0.232. The first kappa shape index (κ1) is 11.4. The molecule has 0 aromatic heterocycles. The summed E-state index contributed by atoms with van der Waals surface area (Å²) < 4.78 is 18.9. The van der Waals surface area contributed by atoms with Crippen LogP contribution in [-0.2, 0) is 4.79 Å². The van der Waals surface area contributed by atoms with Gasteiger partial charge in [0.15, 0.2) is 11.6 Å². The van der Waals surface area contributed by atoms with Gasteiger partial charge in [0, 0.05) is 6.42 Å². The SMILES string of the molecule is CC1(C)C(=O)CC1Oc1c(F)cccc1Cl. The minimum absolute atomic E-state index is 0.0368. The zero-order valence-electron chi connectivity index (χ0n) is 9.09. The van der Waals surface area contributed by atoms with Gasteiger partial charge in [0.05, 0.1) is 10.4 Å². The van der Waals surface area contributed by atoms with E-state index in [0.29, 0.717) is 6.42 Å². The van der Waals surface area contributed by atoms with Gasteiger partial charge in [0.1, 0.15) is 11.9 Å². The topological polar surface area (TPSA) is 26.3 Å². The van der Waals surface area contributed by atoms with Crippen LogP contribution in [0.15, 0.2) is 18.2 Å². The molecule has 0 spiro atoms. The lowest BCUT2D eigenvalue weighted by molar-refractivity contribution is -0.148. The second kappa shape index (κ2) is 3.74. The van der Waals surface area contributed by atoms with Gasteiger partial charge in [-0.1, -0.05) is 17.7 Å². The van der Waals surface area contributed by atoms with Crippen LogP contribution in [-0.4, -0.2) is 11.9 Å². The van der Waals surface area contributed by atoms with Crippen LogP contribution in [0.1, 0.15) is 20.3 Å². The molecule has 0 amide bonds. The lowest BCUT2D eigenvalue weighted by Gasteiger charge is -2.42. The number of para-hydroxylation sites is 1. The van der Waals surface area contributed by atoms with Crippen LogP contribution in [0.3, 0.4) is 0 Å². The summed E-state index contributed by atoms with van der Waals surface area (Å²) in [4.78, 5) is 11.3. The van der Waals surface area contributed by atoms with Gasteiger partial charge < -0.3 is 4.74 Å². The molecule has 0 heterocycles. The average molecular weight is 243 g/mol. The number of carbonyl (C=O) groups is 1. The molecule has 1 aromatic carbocycles. The number of halogens is 2. The molecule has 0 bridgehead atoms. The number of ketones is 1. The molecule has 0 radical (unpaired) electrons. The van der Waals surface area contributed by atoms with Gasteiger partial charge in [-0.05, 0) is 26.0 Å². The number of Topliss-reactive ketones (excluding diaryl/α,β-unsaturated/α-hetero) is 1. The van der Waals surface area contributed by atoms with E-state index in [2.05, 4.69) is 0 Å². The fourth-order valence-corrected chi connectivity index (χ4v) is 1.87. The van der Waals surface area contributed by atoms with Gasteiger partial charge in [0.2, 0.25) is 0 Å². The maximum atomic E-state index is 13.4. The van der Waals surface area contributed by atoms with E-state index in [9.17, 15) is 9.18 Å². The molecule has 0 saturated heterocycles. The molecular weight excluding hydrogens is 231 g/mol. The highest BCUT2D eigenvalue weighted by Gasteiger charge is 2.49. The van der Waals surface area contributed by atoms with Crippen molar-refractivity contribution in [2.24, 2.45) is 5.41 Å². The van der Waals surface area contributed by atoms with Crippen LogP contribution in [0.5, 0.6) is 5.75 Å². The van der Waals surface area contributed by atoms with Gasteiger partial charge in [0.25, 0.3) is 0 Å². The molecule has 2 nitrogen and oxygen atoms in total. The van der Waals surface area contributed by atoms with Crippen molar-refractivity contribution in [1.29, 1.82) is 0 Å². The Morgan fingerprint density at radius 2 is 2.19 bits per heavy atom. The van der Waals surface area contributed by atoms with Gasteiger partial charge in [-0.15, -0.1) is 0 Å². The fourth-order valence-electron chi connectivity index (χ4n) is 1.66.